The van der Waals surface area contributed by atoms with E-state index in [9.17, 15) is 0 Å². The van der Waals surface area contributed by atoms with Crippen LogP contribution in [0.3, 0.4) is 0 Å². The molecule has 17 heavy (non-hydrogen) atoms. The average Bonchev–Trinajstić information content (AvgIpc) is 2.88. The molecule has 84 valence electrons. The smallest absolute Gasteiger partial charge is 0.148 e. The summed E-state index contributed by atoms with van der Waals surface area (Å²) in [7, 11) is 0. The van der Waals surface area contributed by atoms with Crippen molar-refractivity contribution in [3.05, 3.63) is 59.5 Å². The second-order valence-electron chi connectivity index (χ2n) is 3.33. The maximum absolute atomic E-state index is 8.63. The third kappa shape index (κ3) is 3.21. The lowest BCUT2D eigenvalue weighted by atomic mass is 10.2. The molecule has 0 saturated heterocycles. The van der Waals surface area contributed by atoms with Gasteiger partial charge >= 0.3 is 0 Å². The molecule has 2 aromatic rings. The Morgan fingerprint density at radius 1 is 1.29 bits per heavy atom. The van der Waals surface area contributed by atoms with E-state index in [0.717, 1.165) is 5.56 Å². The van der Waals surface area contributed by atoms with Crippen LogP contribution in [0.1, 0.15) is 16.9 Å². The summed E-state index contributed by atoms with van der Waals surface area (Å²) in [5.41, 5.74) is 1.59. The van der Waals surface area contributed by atoms with E-state index in [1.807, 2.05) is 12.1 Å². The first kappa shape index (κ1) is 11.0. The molecular weight excluding hydrogens is 216 g/mol. The molecule has 0 aliphatic heterocycles. The minimum absolute atomic E-state index is 0.364. The van der Waals surface area contributed by atoms with Gasteiger partial charge in [0.25, 0.3) is 0 Å². The summed E-state index contributed by atoms with van der Waals surface area (Å²) in [5.74, 6) is 0.643. The first-order chi connectivity index (χ1) is 8.38. The van der Waals surface area contributed by atoms with Crippen LogP contribution in [-0.2, 0) is 11.4 Å². The molecule has 0 unspecified atom stereocenters. The number of rotatable bonds is 4. The number of nitrogens with zero attached hydrogens (tertiary/aromatic N) is 2. The van der Waals surface area contributed by atoms with E-state index in [-0.39, 0.29) is 0 Å². The molecular formula is C13H10N2O2. The zero-order chi connectivity index (χ0) is 11.9. The fourth-order valence-electron chi connectivity index (χ4n) is 1.24. The Morgan fingerprint density at radius 2 is 2.12 bits per heavy atom. The lowest BCUT2D eigenvalue weighted by Crippen LogP contribution is -1.88. The van der Waals surface area contributed by atoms with Crippen LogP contribution in [0.4, 0.5) is 0 Å². The number of oxime groups is 1. The van der Waals surface area contributed by atoms with Gasteiger partial charge in [-0.25, -0.2) is 0 Å². The van der Waals surface area contributed by atoms with Crippen LogP contribution < -0.4 is 0 Å². The van der Waals surface area contributed by atoms with Gasteiger partial charge in [-0.3, -0.25) is 0 Å². The van der Waals surface area contributed by atoms with Crippen LogP contribution in [0, 0.1) is 11.3 Å². The Labute approximate surface area is 98.7 Å². The molecule has 1 aromatic carbocycles. The third-order valence-corrected chi connectivity index (χ3v) is 2.11. The van der Waals surface area contributed by atoms with E-state index in [1.165, 1.54) is 6.21 Å². The summed E-state index contributed by atoms with van der Waals surface area (Å²) in [6.45, 7) is 0.364. The van der Waals surface area contributed by atoms with Crippen molar-refractivity contribution in [1.82, 2.24) is 0 Å². The standard InChI is InChI=1S/C13H10N2O2/c14-8-11-3-5-12(6-4-11)10-17-15-9-13-2-1-7-16-13/h1-7,9H,10H2/b15-9+. The van der Waals surface area contributed by atoms with Crippen molar-refractivity contribution in [3.8, 4) is 6.07 Å². The molecule has 0 N–H and O–H groups in total. The Morgan fingerprint density at radius 3 is 2.76 bits per heavy atom. The van der Waals surface area contributed by atoms with Crippen LogP contribution in [0.25, 0.3) is 0 Å². The van der Waals surface area contributed by atoms with Gasteiger partial charge in [0, 0.05) is 0 Å². The molecule has 4 heteroatoms. The van der Waals surface area contributed by atoms with Gasteiger partial charge in [0.1, 0.15) is 18.6 Å². The second kappa shape index (κ2) is 5.52. The number of furan rings is 1. The van der Waals surface area contributed by atoms with E-state index in [2.05, 4.69) is 11.2 Å². The molecule has 0 radical (unpaired) electrons. The molecule has 4 nitrogen and oxygen atoms in total. The quantitative estimate of drug-likeness (QED) is 0.594. The molecule has 0 aliphatic rings. The highest BCUT2D eigenvalue weighted by molar-refractivity contribution is 5.74. The van der Waals surface area contributed by atoms with Gasteiger partial charge in [0.15, 0.2) is 0 Å². The molecule has 0 saturated carbocycles. The van der Waals surface area contributed by atoms with Gasteiger partial charge < -0.3 is 9.25 Å². The minimum atomic E-state index is 0.364. The summed E-state index contributed by atoms with van der Waals surface area (Å²) >= 11 is 0. The van der Waals surface area contributed by atoms with Crippen LogP contribution in [0.15, 0.2) is 52.2 Å². The average molecular weight is 226 g/mol. The van der Waals surface area contributed by atoms with E-state index in [1.54, 1.807) is 30.5 Å². The van der Waals surface area contributed by atoms with Gasteiger partial charge in [-0.05, 0) is 29.8 Å². The fraction of sp³-hybridized carbons (Fsp3) is 0.0769. The maximum Gasteiger partial charge on any atom is 0.148 e. The van der Waals surface area contributed by atoms with Crippen molar-refractivity contribution in [3.63, 3.8) is 0 Å². The van der Waals surface area contributed by atoms with Crippen LogP contribution in [0.5, 0.6) is 0 Å². The molecule has 0 bridgehead atoms. The highest BCUT2D eigenvalue weighted by atomic mass is 16.6. The predicted molar refractivity (Wildman–Crippen MR) is 62.2 cm³/mol. The predicted octanol–water partition coefficient (Wildman–Crippen LogP) is 2.70. The largest absolute Gasteiger partial charge is 0.463 e. The molecule has 0 spiro atoms. The minimum Gasteiger partial charge on any atom is -0.463 e. The van der Waals surface area contributed by atoms with Crippen LogP contribution >= 0.6 is 0 Å². The molecule has 2 rings (SSSR count). The zero-order valence-electron chi connectivity index (χ0n) is 9.04. The van der Waals surface area contributed by atoms with Gasteiger partial charge in [-0.2, -0.15) is 5.26 Å². The van der Waals surface area contributed by atoms with Crippen molar-refractivity contribution in [2.45, 2.75) is 6.61 Å². The van der Waals surface area contributed by atoms with Crippen LogP contribution in [0.2, 0.25) is 0 Å². The normalized spacial score (nSPS) is 10.3. The summed E-state index contributed by atoms with van der Waals surface area (Å²) in [6.07, 6.45) is 3.08. The second-order valence-corrected chi connectivity index (χ2v) is 3.33. The molecule has 1 aromatic heterocycles. The highest BCUT2D eigenvalue weighted by Crippen LogP contribution is 2.05. The van der Waals surface area contributed by atoms with Crippen LogP contribution in [-0.4, -0.2) is 6.21 Å². The summed E-state index contributed by atoms with van der Waals surface area (Å²) in [6, 6.07) is 12.8. The Hall–Kier alpha value is -2.54. The van der Waals surface area contributed by atoms with E-state index in [4.69, 9.17) is 14.5 Å². The topological polar surface area (TPSA) is 58.5 Å². The van der Waals surface area contributed by atoms with Crippen molar-refractivity contribution < 1.29 is 9.25 Å². The lowest BCUT2D eigenvalue weighted by Gasteiger charge is -1.98. The maximum atomic E-state index is 8.63. The van der Waals surface area contributed by atoms with Gasteiger partial charge in [0.05, 0.1) is 17.9 Å². The summed E-state index contributed by atoms with van der Waals surface area (Å²) in [5, 5.41) is 12.4. The first-order valence-corrected chi connectivity index (χ1v) is 5.06. The summed E-state index contributed by atoms with van der Waals surface area (Å²) in [4.78, 5) is 5.09. The highest BCUT2D eigenvalue weighted by Gasteiger charge is 1.94. The molecule has 0 amide bonds. The van der Waals surface area contributed by atoms with Gasteiger partial charge in [-0.1, -0.05) is 17.3 Å². The monoisotopic (exact) mass is 226 g/mol. The van der Waals surface area contributed by atoms with Crippen molar-refractivity contribution in [2.24, 2.45) is 5.16 Å². The van der Waals surface area contributed by atoms with Gasteiger partial charge in [-0.15, -0.1) is 0 Å². The van der Waals surface area contributed by atoms with E-state index < -0.39 is 0 Å². The van der Waals surface area contributed by atoms with E-state index >= 15 is 0 Å². The van der Waals surface area contributed by atoms with Gasteiger partial charge in [0.2, 0.25) is 0 Å². The molecule has 0 aliphatic carbocycles. The number of nitriles is 1. The zero-order valence-corrected chi connectivity index (χ0v) is 9.04. The van der Waals surface area contributed by atoms with Crippen molar-refractivity contribution in [2.75, 3.05) is 0 Å². The summed E-state index contributed by atoms with van der Waals surface area (Å²) < 4.78 is 5.05. The Bertz CT molecular complexity index is 522. The third-order valence-electron chi connectivity index (χ3n) is 2.11. The number of hydrogen-bond donors (Lipinski definition) is 0. The lowest BCUT2D eigenvalue weighted by molar-refractivity contribution is 0.132. The Kier molecular flexibility index (Phi) is 3.56. The fourth-order valence-corrected chi connectivity index (χ4v) is 1.24. The number of hydrogen-bond acceptors (Lipinski definition) is 4. The van der Waals surface area contributed by atoms with E-state index in [0.29, 0.717) is 17.9 Å². The molecule has 1 heterocycles. The van der Waals surface area contributed by atoms with Crippen molar-refractivity contribution >= 4 is 6.21 Å². The molecule has 0 atom stereocenters. The molecule has 0 fully saturated rings. The Balaban J connectivity index is 1.84. The van der Waals surface area contributed by atoms with Crippen molar-refractivity contribution in [1.29, 1.82) is 5.26 Å². The first-order valence-electron chi connectivity index (χ1n) is 5.06. The number of benzene rings is 1. The SMILES string of the molecule is N#Cc1ccc(CO/N=C/c2ccco2)cc1.